The molecule has 1 saturated heterocycles. The SMILES string of the molecule is CCCC(C)(C)NS(=O)(=O)N1CCC(CN)CC1. The summed E-state index contributed by atoms with van der Waals surface area (Å²) in [5.74, 6) is 0.472. The highest BCUT2D eigenvalue weighted by molar-refractivity contribution is 7.87. The number of rotatable bonds is 6. The summed E-state index contributed by atoms with van der Waals surface area (Å²) in [4.78, 5) is 0. The monoisotopic (exact) mass is 277 g/mol. The Labute approximate surface area is 111 Å². The molecular formula is C12H27N3O2S. The summed E-state index contributed by atoms with van der Waals surface area (Å²) in [6, 6.07) is 0. The molecule has 0 amide bonds. The molecule has 1 rings (SSSR count). The molecule has 0 unspecified atom stereocenters. The number of hydrogen-bond donors (Lipinski definition) is 2. The van der Waals surface area contributed by atoms with Gasteiger partial charge in [0.05, 0.1) is 0 Å². The number of hydrogen-bond acceptors (Lipinski definition) is 3. The summed E-state index contributed by atoms with van der Waals surface area (Å²) in [5.41, 5.74) is 5.24. The standard InChI is InChI=1S/C12H27N3O2S/c1-4-7-12(2,3)14-18(16,17)15-8-5-11(10-13)6-9-15/h11,14H,4-10,13H2,1-3H3. The Hall–Kier alpha value is -0.170. The van der Waals surface area contributed by atoms with E-state index in [1.165, 1.54) is 0 Å². The predicted octanol–water partition coefficient (Wildman–Crippen LogP) is 1.07. The lowest BCUT2D eigenvalue weighted by Gasteiger charge is -2.34. The third kappa shape index (κ3) is 4.50. The highest BCUT2D eigenvalue weighted by Gasteiger charge is 2.31. The van der Waals surface area contributed by atoms with Gasteiger partial charge in [-0.05, 0) is 45.6 Å². The van der Waals surface area contributed by atoms with Crippen LogP contribution in [0.25, 0.3) is 0 Å². The molecule has 1 aliphatic heterocycles. The van der Waals surface area contributed by atoms with Crippen LogP contribution in [-0.2, 0) is 10.2 Å². The minimum absolute atomic E-state index is 0.377. The van der Waals surface area contributed by atoms with E-state index in [9.17, 15) is 8.42 Å². The van der Waals surface area contributed by atoms with Gasteiger partial charge in [-0.15, -0.1) is 0 Å². The summed E-state index contributed by atoms with van der Waals surface area (Å²) in [6.07, 6.45) is 3.54. The molecule has 1 fully saturated rings. The van der Waals surface area contributed by atoms with Crippen LogP contribution in [-0.4, -0.2) is 37.9 Å². The molecule has 1 heterocycles. The second-order valence-corrected chi connectivity index (χ2v) is 7.49. The van der Waals surface area contributed by atoms with Crippen LogP contribution >= 0.6 is 0 Å². The zero-order chi connectivity index (χ0) is 13.8. The Bertz CT molecular complexity index is 346. The molecule has 0 spiro atoms. The fourth-order valence-electron chi connectivity index (χ4n) is 2.48. The molecule has 5 nitrogen and oxygen atoms in total. The lowest BCUT2D eigenvalue weighted by Crippen LogP contribution is -2.52. The molecule has 18 heavy (non-hydrogen) atoms. The summed E-state index contributed by atoms with van der Waals surface area (Å²) in [7, 11) is -3.35. The molecule has 0 atom stereocenters. The Morgan fingerprint density at radius 2 is 1.89 bits per heavy atom. The number of nitrogens with one attached hydrogen (secondary N) is 1. The Morgan fingerprint density at radius 3 is 2.33 bits per heavy atom. The molecule has 0 saturated carbocycles. The minimum Gasteiger partial charge on any atom is -0.330 e. The highest BCUT2D eigenvalue weighted by atomic mass is 32.2. The fraction of sp³-hybridized carbons (Fsp3) is 1.00. The van der Waals surface area contributed by atoms with Gasteiger partial charge in [-0.25, -0.2) is 0 Å². The summed E-state index contributed by atoms with van der Waals surface area (Å²) in [6.45, 7) is 7.74. The van der Waals surface area contributed by atoms with Crippen molar-refractivity contribution >= 4 is 10.2 Å². The molecule has 0 radical (unpaired) electrons. The van der Waals surface area contributed by atoms with Crippen molar-refractivity contribution in [3.63, 3.8) is 0 Å². The normalized spacial score (nSPS) is 20.2. The molecule has 0 aromatic heterocycles. The topological polar surface area (TPSA) is 75.4 Å². The van der Waals surface area contributed by atoms with E-state index in [4.69, 9.17) is 5.73 Å². The van der Waals surface area contributed by atoms with E-state index < -0.39 is 10.2 Å². The van der Waals surface area contributed by atoms with Crippen LogP contribution in [0.2, 0.25) is 0 Å². The lowest BCUT2D eigenvalue weighted by atomic mass is 9.99. The number of nitrogens with two attached hydrogens (primary N) is 1. The average Bonchev–Trinajstić information content (AvgIpc) is 2.27. The van der Waals surface area contributed by atoms with Crippen molar-refractivity contribution in [3.8, 4) is 0 Å². The maximum atomic E-state index is 12.3. The number of piperidine rings is 1. The van der Waals surface area contributed by atoms with E-state index in [2.05, 4.69) is 11.6 Å². The quantitative estimate of drug-likeness (QED) is 0.762. The van der Waals surface area contributed by atoms with Crippen LogP contribution < -0.4 is 10.5 Å². The van der Waals surface area contributed by atoms with Crippen LogP contribution in [0.4, 0.5) is 0 Å². The van der Waals surface area contributed by atoms with Gasteiger partial charge < -0.3 is 5.73 Å². The van der Waals surface area contributed by atoms with Gasteiger partial charge in [-0.3, -0.25) is 0 Å². The van der Waals surface area contributed by atoms with Gasteiger partial charge >= 0.3 is 0 Å². The summed E-state index contributed by atoms with van der Waals surface area (Å²) >= 11 is 0. The first-order valence-corrected chi connectivity index (χ1v) is 8.24. The maximum absolute atomic E-state index is 12.3. The predicted molar refractivity (Wildman–Crippen MR) is 74.4 cm³/mol. The zero-order valence-electron chi connectivity index (χ0n) is 11.8. The van der Waals surface area contributed by atoms with E-state index in [0.717, 1.165) is 25.7 Å². The van der Waals surface area contributed by atoms with E-state index in [-0.39, 0.29) is 5.54 Å². The average molecular weight is 277 g/mol. The van der Waals surface area contributed by atoms with Crippen LogP contribution in [0.3, 0.4) is 0 Å². The second-order valence-electron chi connectivity index (χ2n) is 5.82. The van der Waals surface area contributed by atoms with Gasteiger partial charge in [0, 0.05) is 18.6 Å². The van der Waals surface area contributed by atoms with Crippen LogP contribution in [0.1, 0.15) is 46.5 Å². The van der Waals surface area contributed by atoms with Gasteiger partial charge in [0.25, 0.3) is 10.2 Å². The van der Waals surface area contributed by atoms with Gasteiger partial charge in [-0.1, -0.05) is 13.3 Å². The third-order valence-electron chi connectivity index (χ3n) is 3.53. The third-order valence-corrected chi connectivity index (χ3v) is 5.38. The van der Waals surface area contributed by atoms with E-state index >= 15 is 0 Å². The second kappa shape index (κ2) is 6.32. The first-order valence-electron chi connectivity index (χ1n) is 6.80. The molecule has 0 bridgehead atoms. The first kappa shape index (κ1) is 15.9. The van der Waals surface area contributed by atoms with Crippen molar-refractivity contribution in [3.05, 3.63) is 0 Å². The summed E-state index contributed by atoms with van der Waals surface area (Å²) in [5, 5.41) is 0. The van der Waals surface area contributed by atoms with E-state index in [0.29, 0.717) is 25.6 Å². The highest BCUT2D eigenvalue weighted by Crippen LogP contribution is 2.20. The summed E-state index contributed by atoms with van der Waals surface area (Å²) < 4.78 is 28.9. The molecule has 0 aromatic rings. The minimum atomic E-state index is -3.35. The van der Waals surface area contributed by atoms with Crippen molar-refractivity contribution in [2.75, 3.05) is 19.6 Å². The molecule has 0 aliphatic carbocycles. The molecule has 6 heteroatoms. The van der Waals surface area contributed by atoms with Gasteiger partial charge in [0.15, 0.2) is 0 Å². The largest absolute Gasteiger partial charge is 0.330 e. The van der Waals surface area contributed by atoms with Crippen molar-refractivity contribution in [1.29, 1.82) is 0 Å². The molecular weight excluding hydrogens is 250 g/mol. The van der Waals surface area contributed by atoms with Crippen molar-refractivity contribution in [2.45, 2.75) is 52.0 Å². The lowest BCUT2D eigenvalue weighted by molar-refractivity contribution is 0.270. The smallest absolute Gasteiger partial charge is 0.279 e. The van der Waals surface area contributed by atoms with Gasteiger partial charge in [0.2, 0.25) is 0 Å². The van der Waals surface area contributed by atoms with Crippen molar-refractivity contribution in [1.82, 2.24) is 9.03 Å². The zero-order valence-corrected chi connectivity index (χ0v) is 12.6. The Balaban J connectivity index is 2.59. The van der Waals surface area contributed by atoms with Crippen LogP contribution in [0.5, 0.6) is 0 Å². The number of nitrogens with zero attached hydrogens (tertiary/aromatic N) is 1. The molecule has 0 aromatic carbocycles. The molecule has 108 valence electrons. The van der Waals surface area contributed by atoms with Crippen molar-refractivity contribution < 1.29 is 8.42 Å². The fourth-order valence-corrected chi connectivity index (χ4v) is 4.10. The van der Waals surface area contributed by atoms with Gasteiger partial charge in [0.1, 0.15) is 0 Å². The van der Waals surface area contributed by atoms with Crippen molar-refractivity contribution in [2.24, 2.45) is 11.7 Å². The first-order chi connectivity index (χ1) is 8.30. The Morgan fingerprint density at radius 1 is 1.33 bits per heavy atom. The molecule has 1 aliphatic rings. The Kier molecular flexibility index (Phi) is 5.58. The maximum Gasteiger partial charge on any atom is 0.279 e. The van der Waals surface area contributed by atoms with E-state index in [1.54, 1.807) is 4.31 Å². The van der Waals surface area contributed by atoms with Gasteiger partial charge in [-0.2, -0.15) is 17.4 Å². The molecule has 3 N–H and O–H groups in total. The van der Waals surface area contributed by atoms with E-state index in [1.807, 2.05) is 13.8 Å². The van der Waals surface area contributed by atoms with Crippen LogP contribution in [0, 0.1) is 5.92 Å². The van der Waals surface area contributed by atoms with Crippen LogP contribution in [0.15, 0.2) is 0 Å².